The maximum atomic E-state index is 6.11. The van der Waals surface area contributed by atoms with E-state index in [4.69, 9.17) is 10.5 Å². The first-order valence-electron chi connectivity index (χ1n) is 7.47. The maximum absolute atomic E-state index is 6.11. The van der Waals surface area contributed by atoms with Crippen LogP contribution in [0.4, 0.5) is 0 Å². The molecular formula is C17H28N2O. The Hall–Kier alpha value is -1.06. The summed E-state index contributed by atoms with van der Waals surface area (Å²) in [5, 5.41) is 0. The third-order valence-corrected chi connectivity index (χ3v) is 4.62. The van der Waals surface area contributed by atoms with Crippen LogP contribution < -0.4 is 10.5 Å². The van der Waals surface area contributed by atoms with Crippen molar-refractivity contribution in [3.8, 4) is 5.75 Å². The van der Waals surface area contributed by atoms with Gasteiger partial charge in [0.25, 0.3) is 0 Å². The molecule has 1 fully saturated rings. The lowest BCUT2D eigenvalue weighted by Gasteiger charge is -2.39. The fourth-order valence-electron chi connectivity index (χ4n) is 3.07. The number of likely N-dealkylation sites (tertiary alicyclic amines) is 1. The molecule has 0 saturated carbocycles. The first kappa shape index (κ1) is 15.3. The van der Waals surface area contributed by atoms with Gasteiger partial charge in [0.15, 0.2) is 0 Å². The van der Waals surface area contributed by atoms with Crippen LogP contribution in [-0.2, 0) is 6.42 Å². The standard InChI is InChI=1S/C17H28N2O/c1-16(2)9-10-19(13-16)17(3,12-18)11-14-5-7-15(20-4)8-6-14/h5-8H,9-13,18H2,1-4H3. The van der Waals surface area contributed by atoms with Gasteiger partial charge in [0.05, 0.1) is 7.11 Å². The van der Waals surface area contributed by atoms with Crippen LogP contribution in [0.1, 0.15) is 32.8 Å². The average molecular weight is 276 g/mol. The van der Waals surface area contributed by atoms with Crippen LogP contribution in [0.5, 0.6) is 5.75 Å². The summed E-state index contributed by atoms with van der Waals surface area (Å²) in [7, 11) is 1.70. The molecular weight excluding hydrogens is 248 g/mol. The summed E-state index contributed by atoms with van der Waals surface area (Å²) in [5.74, 6) is 0.908. The zero-order valence-corrected chi connectivity index (χ0v) is 13.3. The minimum atomic E-state index is 0.0440. The van der Waals surface area contributed by atoms with E-state index in [2.05, 4.69) is 37.8 Å². The summed E-state index contributed by atoms with van der Waals surface area (Å²) in [4.78, 5) is 2.57. The van der Waals surface area contributed by atoms with Crippen molar-refractivity contribution in [1.29, 1.82) is 0 Å². The summed E-state index contributed by atoms with van der Waals surface area (Å²) < 4.78 is 5.22. The van der Waals surface area contributed by atoms with Crippen molar-refractivity contribution in [2.45, 2.75) is 39.2 Å². The largest absolute Gasteiger partial charge is 0.497 e. The molecule has 1 aliphatic heterocycles. The molecule has 0 bridgehead atoms. The number of benzene rings is 1. The van der Waals surface area contributed by atoms with Gasteiger partial charge < -0.3 is 10.5 Å². The highest BCUT2D eigenvalue weighted by Crippen LogP contribution is 2.34. The van der Waals surface area contributed by atoms with Gasteiger partial charge in [-0.2, -0.15) is 0 Å². The van der Waals surface area contributed by atoms with Gasteiger partial charge in [-0.05, 0) is 49.4 Å². The van der Waals surface area contributed by atoms with Gasteiger partial charge in [-0.15, -0.1) is 0 Å². The second kappa shape index (κ2) is 5.74. The van der Waals surface area contributed by atoms with E-state index in [1.54, 1.807) is 7.11 Å². The third kappa shape index (κ3) is 3.33. The Morgan fingerprint density at radius 1 is 1.30 bits per heavy atom. The van der Waals surface area contributed by atoms with Crippen molar-refractivity contribution < 1.29 is 4.74 Å². The summed E-state index contributed by atoms with van der Waals surface area (Å²) in [6.45, 7) is 9.95. The monoisotopic (exact) mass is 276 g/mol. The van der Waals surface area contributed by atoms with Crippen LogP contribution in [0, 0.1) is 5.41 Å². The van der Waals surface area contributed by atoms with Gasteiger partial charge in [-0.1, -0.05) is 26.0 Å². The van der Waals surface area contributed by atoms with Crippen LogP contribution in [0.15, 0.2) is 24.3 Å². The van der Waals surface area contributed by atoms with E-state index in [-0.39, 0.29) is 5.54 Å². The van der Waals surface area contributed by atoms with Crippen LogP contribution in [0.25, 0.3) is 0 Å². The van der Waals surface area contributed by atoms with Crippen LogP contribution >= 0.6 is 0 Å². The zero-order valence-electron chi connectivity index (χ0n) is 13.3. The molecule has 3 nitrogen and oxygen atoms in total. The number of nitrogens with zero attached hydrogens (tertiary/aromatic N) is 1. The van der Waals surface area contributed by atoms with Gasteiger partial charge in [0.1, 0.15) is 5.75 Å². The maximum Gasteiger partial charge on any atom is 0.118 e. The molecule has 2 N–H and O–H groups in total. The average Bonchev–Trinajstić information content (AvgIpc) is 2.80. The fraction of sp³-hybridized carbons (Fsp3) is 0.647. The Balaban J connectivity index is 2.10. The van der Waals surface area contributed by atoms with Crippen molar-refractivity contribution in [2.24, 2.45) is 11.1 Å². The summed E-state index contributed by atoms with van der Waals surface area (Å²) in [6, 6.07) is 8.35. The second-order valence-corrected chi connectivity index (χ2v) is 7.06. The Labute approximate surface area is 123 Å². The Kier molecular flexibility index (Phi) is 4.40. The van der Waals surface area contributed by atoms with Crippen molar-refractivity contribution in [1.82, 2.24) is 4.90 Å². The Bertz CT molecular complexity index is 441. The van der Waals surface area contributed by atoms with Crippen molar-refractivity contribution in [3.63, 3.8) is 0 Å². The van der Waals surface area contributed by atoms with Gasteiger partial charge in [0.2, 0.25) is 0 Å². The summed E-state index contributed by atoms with van der Waals surface area (Å²) in [6.07, 6.45) is 2.24. The van der Waals surface area contributed by atoms with Gasteiger partial charge in [0, 0.05) is 18.6 Å². The summed E-state index contributed by atoms with van der Waals surface area (Å²) >= 11 is 0. The number of ether oxygens (including phenoxy) is 1. The number of rotatable bonds is 5. The fourth-order valence-corrected chi connectivity index (χ4v) is 3.07. The van der Waals surface area contributed by atoms with Gasteiger partial charge >= 0.3 is 0 Å². The summed E-state index contributed by atoms with van der Waals surface area (Å²) in [5.41, 5.74) is 7.89. The first-order valence-corrected chi connectivity index (χ1v) is 7.47. The van der Waals surface area contributed by atoms with Crippen LogP contribution in [-0.4, -0.2) is 37.2 Å². The Morgan fingerprint density at radius 2 is 1.95 bits per heavy atom. The lowest BCUT2D eigenvalue weighted by atomic mass is 9.89. The van der Waals surface area contributed by atoms with E-state index < -0.39 is 0 Å². The quantitative estimate of drug-likeness (QED) is 0.898. The van der Waals surface area contributed by atoms with E-state index >= 15 is 0 Å². The SMILES string of the molecule is COc1ccc(CC(C)(CN)N2CCC(C)(C)C2)cc1. The predicted molar refractivity (Wildman–Crippen MR) is 84.1 cm³/mol. The highest BCUT2D eigenvalue weighted by molar-refractivity contribution is 5.28. The minimum Gasteiger partial charge on any atom is -0.497 e. The highest BCUT2D eigenvalue weighted by Gasteiger charge is 2.39. The molecule has 1 heterocycles. The lowest BCUT2D eigenvalue weighted by Crippen LogP contribution is -2.52. The molecule has 0 spiro atoms. The van der Waals surface area contributed by atoms with Crippen LogP contribution in [0.3, 0.4) is 0 Å². The molecule has 1 saturated heterocycles. The normalized spacial score (nSPS) is 21.6. The van der Waals surface area contributed by atoms with E-state index in [1.807, 2.05) is 12.1 Å². The van der Waals surface area contributed by atoms with Gasteiger partial charge in [-0.25, -0.2) is 0 Å². The molecule has 0 radical (unpaired) electrons. The Morgan fingerprint density at radius 3 is 2.40 bits per heavy atom. The molecule has 1 unspecified atom stereocenters. The molecule has 0 aromatic heterocycles. The van der Waals surface area contributed by atoms with E-state index in [9.17, 15) is 0 Å². The van der Waals surface area contributed by atoms with E-state index in [1.165, 1.54) is 12.0 Å². The third-order valence-electron chi connectivity index (χ3n) is 4.62. The molecule has 2 rings (SSSR count). The molecule has 1 aromatic carbocycles. The second-order valence-electron chi connectivity index (χ2n) is 7.06. The van der Waals surface area contributed by atoms with Crippen molar-refractivity contribution in [2.75, 3.05) is 26.7 Å². The molecule has 1 atom stereocenters. The smallest absolute Gasteiger partial charge is 0.118 e. The van der Waals surface area contributed by atoms with Gasteiger partial charge in [-0.3, -0.25) is 4.90 Å². The molecule has 112 valence electrons. The van der Waals surface area contributed by atoms with Crippen LogP contribution in [0.2, 0.25) is 0 Å². The number of nitrogens with two attached hydrogens (primary N) is 1. The number of methoxy groups -OCH3 is 1. The first-order chi connectivity index (χ1) is 9.38. The minimum absolute atomic E-state index is 0.0440. The van der Waals surface area contributed by atoms with E-state index in [0.717, 1.165) is 25.3 Å². The van der Waals surface area contributed by atoms with E-state index in [0.29, 0.717) is 12.0 Å². The molecule has 3 heteroatoms. The molecule has 0 amide bonds. The van der Waals surface area contributed by atoms with Crippen molar-refractivity contribution in [3.05, 3.63) is 29.8 Å². The molecule has 1 aromatic rings. The molecule has 20 heavy (non-hydrogen) atoms. The number of hydrogen-bond acceptors (Lipinski definition) is 3. The topological polar surface area (TPSA) is 38.5 Å². The number of hydrogen-bond donors (Lipinski definition) is 1. The van der Waals surface area contributed by atoms with Crippen molar-refractivity contribution >= 4 is 0 Å². The molecule has 0 aliphatic carbocycles. The zero-order chi connectivity index (χ0) is 14.8. The predicted octanol–water partition coefficient (Wildman–Crippen LogP) is 2.69. The lowest BCUT2D eigenvalue weighted by molar-refractivity contribution is 0.128. The highest BCUT2D eigenvalue weighted by atomic mass is 16.5. The molecule has 1 aliphatic rings.